The van der Waals surface area contributed by atoms with E-state index in [2.05, 4.69) is 5.32 Å². The molecule has 3 atom stereocenters. The van der Waals surface area contributed by atoms with Crippen molar-refractivity contribution in [2.24, 2.45) is 0 Å². The zero-order valence-electron chi connectivity index (χ0n) is 18.7. The lowest BCUT2D eigenvalue weighted by molar-refractivity contribution is -0.203. The van der Waals surface area contributed by atoms with E-state index in [0.717, 1.165) is 5.57 Å². The number of aldehydes is 1. The van der Waals surface area contributed by atoms with Crippen molar-refractivity contribution in [1.29, 1.82) is 0 Å². The number of carbonyl (C=O) groups is 1. The van der Waals surface area contributed by atoms with E-state index in [1.165, 1.54) is 18.2 Å². The van der Waals surface area contributed by atoms with Crippen LogP contribution < -0.4 is 5.32 Å². The molecule has 2 aliphatic rings. The Labute approximate surface area is 204 Å². The summed E-state index contributed by atoms with van der Waals surface area (Å²) in [5, 5.41) is 2.56. The van der Waals surface area contributed by atoms with Crippen LogP contribution in [0.1, 0.15) is 13.8 Å². The van der Waals surface area contributed by atoms with Crippen molar-refractivity contribution in [3.63, 3.8) is 0 Å². The number of ether oxygens (including phenoxy) is 2. The molecule has 0 spiro atoms. The molecule has 33 heavy (non-hydrogen) atoms. The van der Waals surface area contributed by atoms with Crippen LogP contribution in [0.25, 0.3) is 0 Å². The van der Waals surface area contributed by atoms with Crippen LogP contribution in [-0.2, 0) is 24.1 Å². The quantitative estimate of drug-likeness (QED) is 0.420. The molecule has 1 saturated heterocycles. The zero-order valence-corrected chi connectivity index (χ0v) is 21.0. The van der Waals surface area contributed by atoms with E-state index in [0.29, 0.717) is 19.4 Å². The van der Waals surface area contributed by atoms with E-state index in [9.17, 15) is 13.2 Å². The second-order valence-electron chi connectivity index (χ2n) is 8.04. The lowest BCUT2D eigenvalue weighted by Crippen LogP contribution is -2.68. The molecule has 3 rings (SSSR count). The highest BCUT2D eigenvalue weighted by Gasteiger charge is 2.52. The maximum Gasteiger partial charge on any atom is 0.197 e. The summed E-state index contributed by atoms with van der Waals surface area (Å²) >= 11 is 12.4. The Balaban J connectivity index is 2.12. The van der Waals surface area contributed by atoms with Gasteiger partial charge in [0.2, 0.25) is 0 Å². The molecule has 7 nitrogen and oxygen atoms in total. The fourth-order valence-electron chi connectivity index (χ4n) is 4.17. The summed E-state index contributed by atoms with van der Waals surface area (Å²) in [6, 6.07) is 4.40. The highest BCUT2D eigenvalue weighted by molar-refractivity contribution is 7.92. The molecule has 1 N–H and O–H groups in total. The normalized spacial score (nSPS) is 26.7. The van der Waals surface area contributed by atoms with Gasteiger partial charge in [-0.2, -0.15) is 0 Å². The first-order valence-electron chi connectivity index (χ1n) is 10.6. The number of methoxy groups -OCH3 is 1. The molecule has 0 bridgehead atoms. The lowest BCUT2D eigenvalue weighted by Gasteiger charge is -2.51. The van der Waals surface area contributed by atoms with Crippen LogP contribution in [0.3, 0.4) is 0 Å². The van der Waals surface area contributed by atoms with Crippen LogP contribution in [0.2, 0.25) is 10.0 Å². The van der Waals surface area contributed by atoms with Gasteiger partial charge in [0.05, 0.1) is 16.0 Å². The fourth-order valence-corrected chi connectivity index (χ4v) is 6.71. The molecule has 0 aromatic heterocycles. The van der Waals surface area contributed by atoms with E-state index in [1.54, 1.807) is 36.3 Å². The Bertz CT molecular complexity index is 1070. The van der Waals surface area contributed by atoms with Crippen molar-refractivity contribution < 1.29 is 22.7 Å². The molecule has 1 aliphatic carbocycles. The molecule has 3 unspecified atom stereocenters. The molecule has 1 aromatic carbocycles. The molecule has 180 valence electrons. The zero-order chi connectivity index (χ0) is 24.2. The van der Waals surface area contributed by atoms with Crippen LogP contribution in [0.4, 0.5) is 0 Å². The minimum atomic E-state index is -3.95. The Morgan fingerprint density at radius 2 is 2.06 bits per heavy atom. The summed E-state index contributed by atoms with van der Waals surface area (Å²) in [6.07, 6.45) is 8.29. The molecular weight excluding hydrogens is 487 g/mol. The van der Waals surface area contributed by atoms with Gasteiger partial charge < -0.3 is 14.8 Å². The van der Waals surface area contributed by atoms with Crippen LogP contribution in [0.15, 0.2) is 59.0 Å². The summed E-state index contributed by atoms with van der Waals surface area (Å²) in [5.41, 5.74) is -0.448. The molecular formula is C23H28Cl2N2O5S. The number of halogens is 2. The number of nitrogens with one attached hydrogen (secondary N) is 1. The maximum absolute atomic E-state index is 13.8. The average molecular weight is 515 g/mol. The Hall–Kier alpha value is -1.52. The summed E-state index contributed by atoms with van der Waals surface area (Å²) < 4.78 is 39.9. The molecule has 1 heterocycles. The Morgan fingerprint density at radius 1 is 1.30 bits per heavy atom. The van der Waals surface area contributed by atoms with E-state index < -0.39 is 27.0 Å². The summed E-state index contributed by atoms with van der Waals surface area (Å²) in [5.74, 6) is 0. The van der Waals surface area contributed by atoms with Gasteiger partial charge in [0.15, 0.2) is 15.6 Å². The summed E-state index contributed by atoms with van der Waals surface area (Å²) in [6.45, 7) is 4.87. The van der Waals surface area contributed by atoms with Crippen molar-refractivity contribution in [2.45, 2.75) is 42.0 Å². The number of benzene rings is 1. The monoisotopic (exact) mass is 514 g/mol. The smallest absolute Gasteiger partial charge is 0.197 e. The fraction of sp³-hybridized carbons (Fsp3) is 0.435. The van der Waals surface area contributed by atoms with Crippen molar-refractivity contribution in [3.05, 3.63) is 64.2 Å². The molecule has 1 aliphatic heterocycles. The van der Waals surface area contributed by atoms with Gasteiger partial charge >= 0.3 is 0 Å². The molecule has 0 amide bonds. The Morgan fingerprint density at radius 3 is 2.73 bits per heavy atom. The molecule has 10 heteroatoms. The standard InChI is InChI=1S/C23H28Cl2N2O5S/c1-16(2)32-23(9-8-17(5-4-12-28)13-21(23)31-3)27-11-10-26-15-22(27)33(29,30)20-14-18(24)6-7-19(20)25/h4-9,12-14,16,21-22,26H,10-11,15H2,1-3H3. The van der Waals surface area contributed by atoms with Crippen molar-refractivity contribution >= 4 is 39.3 Å². The summed E-state index contributed by atoms with van der Waals surface area (Å²) in [7, 11) is -2.41. The largest absolute Gasteiger partial charge is 0.372 e. The molecule has 0 radical (unpaired) electrons. The average Bonchev–Trinajstić information content (AvgIpc) is 2.79. The SMILES string of the molecule is COC1C=C(C=CC=O)C=CC1(OC(C)C)N1CCNCC1S(=O)(=O)c1cc(Cl)ccc1Cl. The third-order valence-electron chi connectivity index (χ3n) is 5.51. The van der Waals surface area contributed by atoms with Gasteiger partial charge in [0, 0.05) is 31.8 Å². The van der Waals surface area contributed by atoms with E-state index in [-0.39, 0.29) is 27.6 Å². The minimum Gasteiger partial charge on any atom is -0.372 e. The second kappa shape index (κ2) is 10.8. The van der Waals surface area contributed by atoms with Gasteiger partial charge in [-0.05, 0) is 55.8 Å². The number of carbonyl (C=O) groups excluding carboxylic acids is 1. The van der Waals surface area contributed by atoms with Gasteiger partial charge in [0.25, 0.3) is 0 Å². The number of nitrogens with zero attached hydrogens (tertiary/aromatic N) is 1. The summed E-state index contributed by atoms with van der Waals surface area (Å²) in [4.78, 5) is 12.5. The van der Waals surface area contributed by atoms with E-state index in [4.69, 9.17) is 32.7 Å². The number of piperazine rings is 1. The number of hydrogen-bond acceptors (Lipinski definition) is 7. The number of rotatable bonds is 8. The van der Waals surface area contributed by atoms with Crippen molar-refractivity contribution in [3.8, 4) is 0 Å². The highest BCUT2D eigenvalue weighted by Crippen LogP contribution is 2.38. The minimum absolute atomic E-state index is 0.0334. The lowest BCUT2D eigenvalue weighted by atomic mass is 9.93. The van der Waals surface area contributed by atoms with Gasteiger partial charge in [-0.25, -0.2) is 8.42 Å². The third kappa shape index (κ3) is 5.43. The van der Waals surface area contributed by atoms with Crippen LogP contribution in [-0.4, -0.2) is 69.7 Å². The van der Waals surface area contributed by atoms with Crippen LogP contribution in [0.5, 0.6) is 0 Å². The number of allylic oxidation sites excluding steroid dienone is 4. The number of hydrogen-bond donors (Lipinski definition) is 1. The molecule has 1 aromatic rings. The van der Waals surface area contributed by atoms with Crippen LogP contribution in [0, 0.1) is 0 Å². The second-order valence-corrected chi connectivity index (χ2v) is 11.0. The first-order valence-corrected chi connectivity index (χ1v) is 12.9. The third-order valence-corrected chi connectivity index (χ3v) is 8.28. The maximum atomic E-state index is 13.8. The van der Waals surface area contributed by atoms with Crippen molar-refractivity contribution in [2.75, 3.05) is 26.7 Å². The predicted molar refractivity (Wildman–Crippen MR) is 129 cm³/mol. The van der Waals surface area contributed by atoms with E-state index in [1.807, 2.05) is 19.9 Å². The number of sulfone groups is 1. The van der Waals surface area contributed by atoms with E-state index >= 15 is 0 Å². The van der Waals surface area contributed by atoms with Crippen LogP contribution >= 0.6 is 23.2 Å². The van der Waals surface area contributed by atoms with Gasteiger partial charge in [-0.15, -0.1) is 0 Å². The topological polar surface area (TPSA) is 84.9 Å². The highest BCUT2D eigenvalue weighted by atomic mass is 35.5. The first kappa shape index (κ1) is 26.1. The first-order chi connectivity index (χ1) is 15.7. The van der Waals surface area contributed by atoms with Gasteiger partial charge in [-0.1, -0.05) is 35.4 Å². The Kier molecular flexibility index (Phi) is 8.55. The van der Waals surface area contributed by atoms with Gasteiger partial charge in [0.1, 0.15) is 17.8 Å². The van der Waals surface area contributed by atoms with Crippen molar-refractivity contribution in [1.82, 2.24) is 10.2 Å². The predicted octanol–water partition coefficient (Wildman–Crippen LogP) is 3.39. The molecule has 0 saturated carbocycles. The van der Waals surface area contributed by atoms with Gasteiger partial charge in [-0.3, -0.25) is 9.69 Å². The molecule has 1 fully saturated rings.